The molecule has 1 fully saturated rings. The van der Waals surface area contributed by atoms with Crippen molar-refractivity contribution < 1.29 is 8.42 Å². The van der Waals surface area contributed by atoms with E-state index in [1.807, 2.05) is 6.07 Å². The Morgan fingerprint density at radius 3 is 2.62 bits per heavy atom. The molecule has 1 aliphatic rings. The smallest absolute Gasteiger partial charge is 0.153 e. The summed E-state index contributed by atoms with van der Waals surface area (Å²) in [4.78, 5) is 0. The van der Waals surface area contributed by atoms with Gasteiger partial charge < -0.3 is 5.32 Å². The van der Waals surface area contributed by atoms with Gasteiger partial charge in [0.15, 0.2) is 9.84 Å². The van der Waals surface area contributed by atoms with Crippen molar-refractivity contribution in [1.82, 2.24) is 15.1 Å². The molecule has 5 nitrogen and oxygen atoms in total. The Hall–Kier alpha value is -0.880. The highest BCUT2D eigenvalue weighted by molar-refractivity contribution is 7.92. The van der Waals surface area contributed by atoms with E-state index in [-0.39, 0.29) is 0 Å². The molecular weight excluding hydrogens is 286 g/mol. The number of aromatic nitrogens is 2. The highest BCUT2D eigenvalue weighted by atomic mass is 32.2. The Morgan fingerprint density at radius 1 is 1.33 bits per heavy atom. The summed E-state index contributed by atoms with van der Waals surface area (Å²) in [5.74, 6) is 0. The first-order valence-corrected chi connectivity index (χ1v) is 9.63. The summed E-state index contributed by atoms with van der Waals surface area (Å²) in [6, 6.07) is 2.56. The van der Waals surface area contributed by atoms with E-state index in [1.54, 1.807) is 13.8 Å². The average Bonchev–Trinajstić information content (AvgIpc) is 2.87. The molecule has 0 atom stereocenters. The lowest BCUT2D eigenvalue weighted by Crippen LogP contribution is -2.41. The minimum Gasteiger partial charge on any atom is -0.310 e. The van der Waals surface area contributed by atoms with Gasteiger partial charge in [-0.3, -0.25) is 4.68 Å². The molecule has 2 rings (SSSR count). The quantitative estimate of drug-likeness (QED) is 0.875. The fraction of sp³-hybridized carbons (Fsp3) is 0.800. The van der Waals surface area contributed by atoms with Gasteiger partial charge in [-0.05, 0) is 32.8 Å². The van der Waals surface area contributed by atoms with Crippen molar-refractivity contribution >= 4 is 9.84 Å². The van der Waals surface area contributed by atoms with Crippen LogP contribution < -0.4 is 5.32 Å². The first-order chi connectivity index (χ1) is 9.79. The molecule has 1 saturated carbocycles. The van der Waals surface area contributed by atoms with Gasteiger partial charge in [-0.25, -0.2) is 8.42 Å². The van der Waals surface area contributed by atoms with Gasteiger partial charge in [0.1, 0.15) is 0 Å². The van der Waals surface area contributed by atoms with Crippen LogP contribution in [0, 0.1) is 0 Å². The molecule has 0 spiro atoms. The number of hydrogen-bond donors (Lipinski definition) is 1. The van der Waals surface area contributed by atoms with Gasteiger partial charge in [0.2, 0.25) is 0 Å². The summed E-state index contributed by atoms with van der Waals surface area (Å²) in [5, 5.41) is 7.83. The van der Waals surface area contributed by atoms with Crippen molar-refractivity contribution in [2.24, 2.45) is 0 Å². The zero-order valence-corrected chi connectivity index (χ0v) is 14.1. The van der Waals surface area contributed by atoms with Gasteiger partial charge in [0.25, 0.3) is 0 Å². The predicted molar refractivity (Wildman–Crippen MR) is 85.0 cm³/mol. The van der Waals surface area contributed by atoms with E-state index in [2.05, 4.69) is 21.3 Å². The molecule has 0 bridgehead atoms. The van der Waals surface area contributed by atoms with Crippen molar-refractivity contribution in [3.05, 3.63) is 18.0 Å². The molecule has 21 heavy (non-hydrogen) atoms. The maximum absolute atomic E-state index is 11.6. The minimum absolute atomic E-state index is 0.433. The standard InChI is InChI=1S/C15H27N3O2S/c1-15(2,21(3,19)20)12-16-11-13-9-10-18(17-13)14-7-5-4-6-8-14/h9-10,14,16H,4-8,11-12H2,1-3H3. The van der Waals surface area contributed by atoms with E-state index < -0.39 is 14.6 Å². The molecule has 1 heterocycles. The first kappa shape index (κ1) is 16.5. The van der Waals surface area contributed by atoms with E-state index in [1.165, 1.54) is 38.4 Å². The van der Waals surface area contributed by atoms with Gasteiger partial charge in [-0.1, -0.05) is 19.3 Å². The second-order valence-corrected chi connectivity index (χ2v) is 9.36. The molecule has 1 aliphatic carbocycles. The van der Waals surface area contributed by atoms with Crippen molar-refractivity contribution in [1.29, 1.82) is 0 Å². The van der Waals surface area contributed by atoms with E-state index in [9.17, 15) is 8.42 Å². The maximum Gasteiger partial charge on any atom is 0.153 e. The molecule has 0 aliphatic heterocycles. The number of rotatable bonds is 6. The second-order valence-electron chi connectivity index (χ2n) is 6.71. The van der Waals surface area contributed by atoms with Crippen molar-refractivity contribution in [3.63, 3.8) is 0 Å². The van der Waals surface area contributed by atoms with E-state index in [4.69, 9.17) is 0 Å². The monoisotopic (exact) mass is 313 g/mol. The summed E-state index contributed by atoms with van der Waals surface area (Å²) < 4.78 is 24.6. The van der Waals surface area contributed by atoms with Crippen LogP contribution in [0.4, 0.5) is 0 Å². The maximum atomic E-state index is 11.6. The van der Waals surface area contributed by atoms with Crippen LogP contribution in [0.15, 0.2) is 12.3 Å². The normalized spacial score (nSPS) is 18.0. The Balaban J connectivity index is 1.86. The van der Waals surface area contributed by atoms with Gasteiger partial charge in [-0.15, -0.1) is 0 Å². The van der Waals surface area contributed by atoms with E-state index in [0.717, 1.165) is 5.69 Å². The van der Waals surface area contributed by atoms with Gasteiger partial charge in [0.05, 0.1) is 16.5 Å². The second kappa shape index (κ2) is 6.48. The van der Waals surface area contributed by atoms with Crippen molar-refractivity contribution in [2.75, 3.05) is 12.8 Å². The summed E-state index contributed by atoms with van der Waals surface area (Å²) in [6.45, 7) is 4.53. The molecule has 0 unspecified atom stereocenters. The topological polar surface area (TPSA) is 64.0 Å². The lowest BCUT2D eigenvalue weighted by molar-refractivity contribution is 0.327. The average molecular weight is 313 g/mol. The number of sulfone groups is 1. The Bertz CT molecular complexity index is 557. The Labute approximate surface area is 128 Å². The zero-order chi connectivity index (χ0) is 15.5. The summed E-state index contributed by atoms with van der Waals surface area (Å²) in [6.07, 6.45) is 9.70. The number of hydrogen-bond acceptors (Lipinski definition) is 4. The fourth-order valence-electron chi connectivity index (χ4n) is 2.64. The molecule has 1 aromatic rings. The molecule has 1 aromatic heterocycles. The van der Waals surface area contributed by atoms with Crippen LogP contribution in [0.1, 0.15) is 57.7 Å². The van der Waals surface area contributed by atoms with Crippen LogP contribution >= 0.6 is 0 Å². The van der Waals surface area contributed by atoms with Gasteiger partial charge in [-0.2, -0.15) is 5.10 Å². The molecule has 0 amide bonds. The molecule has 6 heteroatoms. The number of nitrogens with zero attached hydrogens (tertiary/aromatic N) is 2. The molecule has 1 N–H and O–H groups in total. The van der Waals surface area contributed by atoms with Gasteiger partial charge >= 0.3 is 0 Å². The van der Waals surface area contributed by atoms with Crippen LogP contribution in [-0.2, 0) is 16.4 Å². The minimum atomic E-state index is -3.06. The third kappa shape index (κ3) is 4.30. The van der Waals surface area contributed by atoms with Crippen LogP contribution in [0.2, 0.25) is 0 Å². The summed E-state index contributed by atoms with van der Waals surface area (Å²) in [5.41, 5.74) is 0.977. The lowest BCUT2D eigenvalue weighted by Gasteiger charge is -2.23. The molecule has 0 saturated heterocycles. The summed E-state index contributed by atoms with van der Waals surface area (Å²) >= 11 is 0. The first-order valence-electron chi connectivity index (χ1n) is 7.74. The van der Waals surface area contributed by atoms with Crippen molar-refractivity contribution in [2.45, 2.75) is 63.3 Å². The Kier molecular flexibility index (Phi) is 5.09. The number of nitrogens with one attached hydrogen (secondary N) is 1. The zero-order valence-electron chi connectivity index (χ0n) is 13.3. The fourth-order valence-corrected chi connectivity index (χ4v) is 3.01. The highest BCUT2D eigenvalue weighted by Crippen LogP contribution is 2.27. The van der Waals surface area contributed by atoms with Gasteiger partial charge in [0, 0.05) is 25.5 Å². The Morgan fingerprint density at radius 2 is 2.00 bits per heavy atom. The summed E-state index contributed by atoms with van der Waals surface area (Å²) in [7, 11) is -3.06. The van der Waals surface area contributed by atoms with Crippen molar-refractivity contribution in [3.8, 4) is 0 Å². The molecule has 0 aromatic carbocycles. The van der Waals surface area contributed by atoms with Crippen LogP contribution in [0.3, 0.4) is 0 Å². The molecular formula is C15H27N3O2S. The van der Waals surface area contributed by atoms with Crippen LogP contribution in [0.25, 0.3) is 0 Å². The SMILES string of the molecule is CC(C)(CNCc1ccn(C2CCCCC2)n1)S(C)(=O)=O. The largest absolute Gasteiger partial charge is 0.310 e. The van der Waals surface area contributed by atoms with E-state index >= 15 is 0 Å². The van der Waals surface area contributed by atoms with Crippen LogP contribution in [0.5, 0.6) is 0 Å². The van der Waals surface area contributed by atoms with Crippen LogP contribution in [-0.4, -0.2) is 35.7 Å². The highest BCUT2D eigenvalue weighted by Gasteiger charge is 2.29. The third-order valence-electron chi connectivity index (χ3n) is 4.47. The molecule has 120 valence electrons. The predicted octanol–water partition coefficient (Wildman–Crippen LogP) is 2.30. The van der Waals surface area contributed by atoms with E-state index in [0.29, 0.717) is 19.1 Å². The third-order valence-corrected chi connectivity index (χ3v) is 6.62. The lowest BCUT2D eigenvalue weighted by atomic mass is 9.96. The molecule has 0 radical (unpaired) electrons.